The van der Waals surface area contributed by atoms with Crippen LogP contribution in [0.4, 0.5) is 0 Å². The molecule has 7 heavy (non-hydrogen) atoms. The zero-order valence-electron chi connectivity index (χ0n) is 3.08. The zero-order valence-corrected chi connectivity index (χ0v) is 7.56. The second-order valence-electron chi connectivity index (χ2n) is 0.500. The molecule has 0 aromatic heterocycles. The minimum Gasteiger partial charge on any atom is -0.894 e. The molecule has 45 valence electrons. The Morgan fingerprint density at radius 2 is 0.857 bits per heavy atom. The maximum Gasteiger partial charge on any atom is 0 e. The molecule has 7 heteroatoms. The molecule has 0 aliphatic heterocycles. The predicted molar refractivity (Wildman–Crippen MR) is 15.1 cm³/mol. The summed E-state index contributed by atoms with van der Waals surface area (Å²) in [5.74, 6) is 0. The second kappa shape index (κ2) is 5.04. The van der Waals surface area contributed by atoms with Gasteiger partial charge in [0.15, 0.2) is 0 Å². The van der Waals surface area contributed by atoms with E-state index in [1.54, 1.807) is 0 Å². The van der Waals surface area contributed by atoms with E-state index in [1.807, 2.05) is 0 Å². The van der Waals surface area contributed by atoms with E-state index in [4.69, 9.17) is 19.2 Å². The number of rotatable bonds is 0. The second-order valence-corrected chi connectivity index (χ2v) is 1.50. The Balaban J connectivity index is -0.0000000800. The van der Waals surface area contributed by atoms with E-state index in [1.165, 1.54) is 0 Å². The fourth-order valence-corrected chi connectivity index (χ4v) is 0. The normalized spacial score (nSPS) is 8.57. The molecule has 0 aliphatic rings. The van der Waals surface area contributed by atoms with Gasteiger partial charge in [-0.15, -0.1) is 0 Å². The fraction of sp³-hybridized carbons (Fsp3) is 0. The summed E-state index contributed by atoms with van der Waals surface area (Å²) >= 11 is 0. The Morgan fingerprint density at radius 3 is 0.857 bits per heavy atom. The maximum absolute atomic E-state index is 8.58. The molecular formula is H2BiO5Si-4. The Hall–Kier alpha value is 0.900. The van der Waals surface area contributed by atoms with E-state index in [0.717, 1.165) is 0 Å². The predicted octanol–water partition coefficient (Wildman–Crippen LogP) is -6.34. The molecule has 0 saturated carbocycles. The molecule has 0 fully saturated rings. The molecule has 2 N–H and O–H groups in total. The van der Waals surface area contributed by atoms with Gasteiger partial charge in [-0.1, -0.05) is 0 Å². The third kappa shape index (κ3) is 205. The van der Waals surface area contributed by atoms with Gasteiger partial charge in [0.2, 0.25) is 0 Å². The number of hydrogen-bond donors (Lipinski definition) is 0. The summed E-state index contributed by atoms with van der Waals surface area (Å²) in [6, 6.07) is 0. The van der Waals surface area contributed by atoms with Crippen molar-refractivity contribution in [3.8, 4) is 0 Å². The van der Waals surface area contributed by atoms with E-state index >= 15 is 0 Å². The molecule has 0 rings (SSSR count). The third-order valence-electron chi connectivity index (χ3n) is 0. The quantitative estimate of drug-likeness (QED) is 0.412. The van der Waals surface area contributed by atoms with Crippen molar-refractivity contribution in [1.82, 2.24) is 0 Å². The molecule has 0 aliphatic carbocycles. The van der Waals surface area contributed by atoms with Gasteiger partial charge in [-0.25, -0.2) is 0 Å². The summed E-state index contributed by atoms with van der Waals surface area (Å²) in [6.45, 7) is 0. The largest absolute Gasteiger partial charge is 0.894 e. The van der Waals surface area contributed by atoms with Crippen LogP contribution in [0.25, 0.3) is 0 Å². The van der Waals surface area contributed by atoms with Crippen LogP contribution in [0.1, 0.15) is 0 Å². The van der Waals surface area contributed by atoms with Crippen LogP contribution >= 0.6 is 0 Å². The maximum atomic E-state index is 8.58. The van der Waals surface area contributed by atoms with Crippen LogP contribution in [0, 0.1) is 0 Å². The Morgan fingerprint density at radius 1 is 0.857 bits per heavy atom. The van der Waals surface area contributed by atoms with Crippen molar-refractivity contribution in [3.05, 3.63) is 0 Å². The average molecular weight is 319 g/mol. The van der Waals surface area contributed by atoms with Gasteiger partial charge in [-0.05, 0) is 0 Å². The first-order chi connectivity index (χ1) is 2.00. The third-order valence-corrected chi connectivity index (χ3v) is 0. The van der Waals surface area contributed by atoms with Crippen LogP contribution in [0.2, 0.25) is 0 Å². The minimum atomic E-state index is -5.61. The first kappa shape index (κ1) is 15.7. The smallest absolute Gasteiger partial charge is 0 e. The van der Waals surface area contributed by atoms with Crippen molar-refractivity contribution < 1.29 is 24.7 Å². The van der Waals surface area contributed by atoms with Crippen LogP contribution in [0.3, 0.4) is 0 Å². The molecular weight excluding hydrogens is 317 g/mol. The van der Waals surface area contributed by atoms with Crippen molar-refractivity contribution in [2.45, 2.75) is 0 Å². The van der Waals surface area contributed by atoms with Crippen LogP contribution < -0.4 is 19.2 Å². The zero-order chi connectivity index (χ0) is 4.50. The molecule has 5 nitrogen and oxygen atoms in total. The van der Waals surface area contributed by atoms with E-state index < -0.39 is 9.05 Å². The van der Waals surface area contributed by atoms with Crippen molar-refractivity contribution in [2.75, 3.05) is 0 Å². The summed E-state index contributed by atoms with van der Waals surface area (Å²) in [6.07, 6.45) is 0. The van der Waals surface area contributed by atoms with Crippen LogP contribution in [-0.4, -0.2) is 40.7 Å². The first-order valence-corrected chi connectivity index (χ1v) is 2.45. The van der Waals surface area contributed by atoms with E-state index in [9.17, 15) is 0 Å². The average Bonchev–Trinajstić information content (AvgIpc) is 0.722. The molecule has 0 aromatic carbocycles. The molecule has 0 atom stereocenters. The number of hydrogen-bond acceptors (Lipinski definition) is 4. The standard InChI is InChI=1S/Bi.O4Si.H2O/c;1-5(2,3)4;/h;;1H2/q;-4;. The van der Waals surface area contributed by atoms with Gasteiger partial charge in [0.05, 0.1) is 0 Å². The molecule has 0 amide bonds. The molecule has 0 heterocycles. The van der Waals surface area contributed by atoms with Crippen LogP contribution in [-0.2, 0) is 0 Å². The van der Waals surface area contributed by atoms with E-state index in [-0.39, 0.29) is 31.7 Å². The Labute approximate surface area is 60.2 Å². The van der Waals surface area contributed by atoms with Crippen molar-refractivity contribution >= 4 is 35.3 Å². The van der Waals surface area contributed by atoms with Gasteiger partial charge in [-0.3, -0.25) is 0 Å². The molecule has 0 saturated heterocycles. The van der Waals surface area contributed by atoms with Gasteiger partial charge < -0.3 is 33.7 Å². The van der Waals surface area contributed by atoms with Crippen LogP contribution in [0.5, 0.6) is 0 Å². The molecule has 0 aromatic rings. The van der Waals surface area contributed by atoms with Crippen molar-refractivity contribution in [1.29, 1.82) is 0 Å². The Kier molecular flexibility index (Phi) is 11.3. The van der Waals surface area contributed by atoms with E-state index in [2.05, 4.69) is 0 Å². The minimum absolute atomic E-state index is 0. The monoisotopic (exact) mass is 319 g/mol. The topological polar surface area (TPSA) is 124 Å². The summed E-state index contributed by atoms with van der Waals surface area (Å²) in [4.78, 5) is 34.3. The van der Waals surface area contributed by atoms with Gasteiger partial charge in [0.1, 0.15) is 0 Å². The van der Waals surface area contributed by atoms with Gasteiger partial charge >= 0.3 is 0 Å². The van der Waals surface area contributed by atoms with Crippen molar-refractivity contribution in [2.24, 2.45) is 0 Å². The molecule has 0 spiro atoms. The van der Waals surface area contributed by atoms with Crippen molar-refractivity contribution in [3.63, 3.8) is 0 Å². The van der Waals surface area contributed by atoms with Gasteiger partial charge in [0.25, 0.3) is 0 Å². The summed E-state index contributed by atoms with van der Waals surface area (Å²) < 4.78 is 0. The molecule has 0 unspecified atom stereocenters. The molecule has 0 bridgehead atoms. The summed E-state index contributed by atoms with van der Waals surface area (Å²) in [5, 5.41) is 0. The van der Waals surface area contributed by atoms with E-state index in [0.29, 0.717) is 0 Å². The Bertz CT molecular complexity index is 23.6. The van der Waals surface area contributed by atoms with Gasteiger partial charge in [0, 0.05) is 26.2 Å². The summed E-state index contributed by atoms with van der Waals surface area (Å²) in [5.41, 5.74) is 0. The summed E-state index contributed by atoms with van der Waals surface area (Å²) in [7, 11) is -5.61. The first-order valence-electron chi connectivity index (χ1n) is 0.816. The van der Waals surface area contributed by atoms with Gasteiger partial charge in [-0.2, -0.15) is 0 Å². The SMILES string of the molecule is O.[Bi].[O-][Si]([O-])([O-])[O-]. The molecule has 3 radical (unpaired) electrons. The fourth-order valence-electron chi connectivity index (χ4n) is 0. The van der Waals surface area contributed by atoms with Crippen LogP contribution in [0.15, 0.2) is 0 Å².